The Morgan fingerprint density at radius 3 is 2.56 bits per heavy atom. The maximum atomic E-state index is 11.4. The van der Waals surface area contributed by atoms with Crippen LogP contribution in [0.4, 0.5) is 0 Å². The zero-order valence-corrected chi connectivity index (χ0v) is 11.0. The van der Waals surface area contributed by atoms with Crippen LogP contribution in [0.3, 0.4) is 0 Å². The standard InChI is InChI=1S/C11H13NO2S2/c1-7(2)8-4-5-9-10(6-8)15-11(12-9)16(3,13)14/h4-7H,1-3H3. The van der Waals surface area contributed by atoms with E-state index in [0.29, 0.717) is 5.92 Å². The number of hydrogen-bond acceptors (Lipinski definition) is 4. The molecule has 0 amide bonds. The molecule has 5 heteroatoms. The zero-order chi connectivity index (χ0) is 11.9. The van der Waals surface area contributed by atoms with Crippen molar-refractivity contribution in [2.45, 2.75) is 24.1 Å². The van der Waals surface area contributed by atoms with Crippen LogP contribution in [0.15, 0.2) is 22.5 Å². The van der Waals surface area contributed by atoms with Gasteiger partial charge >= 0.3 is 0 Å². The van der Waals surface area contributed by atoms with Crippen LogP contribution < -0.4 is 0 Å². The summed E-state index contributed by atoms with van der Waals surface area (Å²) in [5.74, 6) is 0.438. The second-order valence-electron chi connectivity index (χ2n) is 4.13. The van der Waals surface area contributed by atoms with Gasteiger partial charge in [0.1, 0.15) is 0 Å². The zero-order valence-electron chi connectivity index (χ0n) is 9.39. The van der Waals surface area contributed by atoms with Gasteiger partial charge in [-0.3, -0.25) is 0 Å². The van der Waals surface area contributed by atoms with Crippen LogP contribution in [-0.2, 0) is 9.84 Å². The minimum atomic E-state index is -3.19. The van der Waals surface area contributed by atoms with E-state index in [0.717, 1.165) is 10.2 Å². The predicted octanol–water partition coefficient (Wildman–Crippen LogP) is 2.82. The fourth-order valence-corrected chi connectivity index (χ4v) is 3.32. The minimum Gasteiger partial charge on any atom is -0.225 e. The van der Waals surface area contributed by atoms with Gasteiger partial charge in [0.25, 0.3) is 0 Å². The normalized spacial score (nSPS) is 12.5. The summed E-state index contributed by atoms with van der Waals surface area (Å²) in [6.45, 7) is 4.22. The van der Waals surface area contributed by atoms with Crippen molar-refractivity contribution in [1.29, 1.82) is 0 Å². The molecule has 0 unspecified atom stereocenters. The Hall–Kier alpha value is -0.940. The van der Waals surface area contributed by atoms with Crippen LogP contribution in [0.5, 0.6) is 0 Å². The van der Waals surface area contributed by atoms with Gasteiger partial charge < -0.3 is 0 Å². The smallest absolute Gasteiger partial charge is 0.210 e. The fourth-order valence-electron chi connectivity index (χ4n) is 1.44. The highest BCUT2D eigenvalue weighted by atomic mass is 32.2. The van der Waals surface area contributed by atoms with E-state index in [9.17, 15) is 8.42 Å². The van der Waals surface area contributed by atoms with E-state index in [-0.39, 0.29) is 4.34 Å². The van der Waals surface area contributed by atoms with Crippen molar-refractivity contribution >= 4 is 31.4 Å². The lowest BCUT2D eigenvalue weighted by molar-refractivity contribution is 0.601. The van der Waals surface area contributed by atoms with Gasteiger partial charge in [-0.1, -0.05) is 19.9 Å². The second-order valence-corrected chi connectivity index (χ2v) is 7.35. The molecule has 0 fully saturated rings. The molecular weight excluding hydrogens is 242 g/mol. The Bertz CT molecular complexity index is 626. The first-order valence-corrected chi connectivity index (χ1v) is 7.69. The topological polar surface area (TPSA) is 47.0 Å². The third-order valence-electron chi connectivity index (χ3n) is 2.38. The summed E-state index contributed by atoms with van der Waals surface area (Å²) in [6.07, 6.45) is 1.19. The highest BCUT2D eigenvalue weighted by Gasteiger charge is 2.14. The molecule has 16 heavy (non-hydrogen) atoms. The Morgan fingerprint density at radius 2 is 2.00 bits per heavy atom. The first kappa shape index (κ1) is 11.5. The van der Waals surface area contributed by atoms with Crippen molar-refractivity contribution in [3.63, 3.8) is 0 Å². The number of aromatic nitrogens is 1. The first-order valence-electron chi connectivity index (χ1n) is 4.98. The average molecular weight is 255 g/mol. The maximum Gasteiger partial charge on any atom is 0.210 e. The number of rotatable bonds is 2. The van der Waals surface area contributed by atoms with E-state index < -0.39 is 9.84 Å². The Labute approximate surface area is 99.1 Å². The van der Waals surface area contributed by atoms with E-state index in [2.05, 4.69) is 18.8 Å². The van der Waals surface area contributed by atoms with Crippen LogP contribution in [0.25, 0.3) is 10.2 Å². The quantitative estimate of drug-likeness (QED) is 0.829. The number of nitrogens with zero attached hydrogens (tertiary/aromatic N) is 1. The summed E-state index contributed by atoms with van der Waals surface area (Å²) in [5, 5.41) is 0. The second kappa shape index (κ2) is 3.82. The number of fused-ring (bicyclic) bond motifs is 1. The lowest BCUT2D eigenvalue weighted by atomic mass is 10.0. The molecule has 2 aromatic rings. The van der Waals surface area contributed by atoms with Crippen LogP contribution in [0.1, 0.15) is 25.3 Å². The molecule has 1 aromatic carbocycles. The Balaban J connectivity index is 2.63. The molecule has 2 rings (SSSR count). The number of benzene rings is 1. The molecule has 0 saturated carbocycles. The maximum absolute atomic E-state index is 11.4. The van der Waals surface area contributed by atoms with Gasteiger partial charge in [0.05, 0.1) is 10.2 Å². The van der Waals surface area contributed by atoms with E-state index in [1.54, 1.807) is 0 Å². The SMILES string of the molecule is CC(C)c1ccc2nc(S(C)(=O)=O)sc2c1. The molecular formula is C11H13NO2S2. The van der Waals surface area contributed by atoms with Gasteiger partial charge in [0, 0.05) is 6.26 Å². The van der Waals surface area contributed by atoms with Crippen LogP contribution in [0.2, 0.25) is 0 Å². The van der Waals surface area contributed by atoms with Gasteiger partial charge in [-0.15, -0.1) is 11.3 Å². The average Bonchev–Trinajstić information content (AvgIpc) is 2.58. The van der Waals surface area contributed by atoms with E-state index in [4.69, 9.17) is 0 Å². The lowest BCUT2D eigenvalue weighted by Crippen LogP contribution is -1.94. The lowest BCUT2D eigenvalue weighted by Gasteiger charge is -2.03. The van der Waals surface area contributed by atoms with Gasteiger partial charge in [-0.25, -0.2) is 13.4 Å². The largest absolute Gasteiger partial charge is 0.225 e. The van der Waals surface area contributed by atoms with E-state index in [1.807, 2.05) is 18.2 Å². The first-order chi connectivity index (χ1) is 7.38. The van der Waals surface area contributed by atoms with Crippen LogP contribution in [-0.4, -0.2) is 19.7 Å². The third-order valence-corrected chi connectivity index (χ3v) is 5.07. The number of sulfone groups is 1. The van der Waals surface area contributed by atoms with Crippen molar-refractivity contribution in [2.75, 3.05) is 6.26 Å². The molecule has 0 N–H and O–H groups in total. The number of thiazole rings is 1. The van der Waals surface area contributed by atoms with Gasteiger partial charge in [-0.2, -0.15) is 0 Å². The summed E-state index contributed by atoms with van der Waals surface area (Å²) in [5.41, 5.74) is 1.96. The molecule has 0 atom stereocenters. The molecule has 3 nitrogen and oxygen atoms in total. The molecule has 0 saturated heterocycles. The van der Waals surface area contributed by atoms with Gasteiger partial charge in [0.15, 0.2) is 0 Å². The van der Waals surface area contributed by atoms with Crippen molar-refractivity contribution in [3.8, 4) is 0 Å². The minimum absolute atomic E-state index is 0.198. The van der Waals surface area contributed by atoms with E-state index >= 15 is 0 Å². The molecule has 0 aliphatic rings. The third kappa shape index (κ3) is 2.10. The van der Waals surface area contributed by atoms with Crippen molar-refractivity contribution in [1.82, 2.24) is 4.98 Å². The van der Waals surface area contributed by atoms with Crippen molar-refractivity contribution in [3.05, 3.63) is 23.8 Å². The summed E-state index contributed by atoms with van der Waals surface area (Å²) in [4.78, 5) is 4.11. The Morgan fingerprint density at radius 1 is 1.31 bits per heavy atom. The molecule has 0 radical (unpaired) electrons. The molecule has 1 heterocycles. The predicted molar refractivity (Wildman–Crippen MR) is 66.8 cm³/mol. The molecule has 0 aliphatic heterocycles. The summed E-state index contributed by atoms with van der Waals surface area (Å²) >= 11 is 1.24. The monoisotopic (exact) mass is 255 g/mol. The summed E-state index contributed by atoms with van der Waals surface area (Å²) < 4.78 is 23.9. The van der Waals surface area contributed by atoms with Gasteiger partial charge in [0.2, 0.25) is 14.2 Å². The fraction of sp³-hybridized carbons (Fsp3) is 0.364. The molecule has 1 aromatic heterocycles. The molecule has 0 aliphatic carbocycles. The van der Waals surface area contributed by atoms with Crippen molar-refractivity contribution in [2.24, 2.45) is 0 Å². The summed E-state index contributed by atoms with van der Waals surface area (Å²) in [6, 6.07) is 5.90. The summed E-state index contributed by atoms with van der Waals surface area (Å²) in [7, 11) is -3.19. The van der Waals surface area contributed by atoms with Gasteiger partial charge in [-0.05, 0) is 23.6 Å². The van der Waals surface area contributed by atoms with Crippen LogP contribution in [0, 0.1) is 0 Å². The highest BCUT2D eigenvalue weighted by molar-refractivity contribution is 7.92. The molecule has 0 bridgehead atoms. The van der Waals surface area contributed by atoms with E-state index in [1.165, 1.54) is 23.2 Å². The highest BCUT2D eigenvalue weighted by Crippen LogP contribution is 2.28. The Kier molecular flexibility index (Phi) is 2.75. The van der Waals surface area contributed by atoms with Crippen molar-refractivity contribution < 1.29 is 8.42 Å². The number of hydrogen-bond donors (Lipinski definition) is 0. The van der Waals surface area contributed by atoms with Crippen LogP contribution >= 0.6 is 11.3 Å². The molecule has 86 valence electrons. The molecule has 0 spiro atoms.